The number of likely N-dealkylation sites (N-methyl/N-ethyl adjacent to an activating group) is 1. The molecule has 1 N–H and O–H groups in total. The molecule has 27 heavy (non-hydrogen) atoms. The van der Waals surface area contributed by atoms with Gasteiger partial charge in [0.2, 0.25) is 0 Å². The van der Waals surface area contributed by atoms with Crippen LogP contribution in [-0.4, -0.2) is 44.9 Å². The van der Waals surface area contributed by atoms with Crippen molar-refractivity contribution in [2.75, 3.05) is 20.1 Å². The Balaban J connectivity index is 1.60. The number of hydrogen-bond donors (Lipinski definition) is 1. The van der Waals surface area contributed by atoms with Gasteiger partial charge in [-0.05, 0) is 63.2 Å². The van der Waals surface area contributed by atoms with Crippen LogP contribution in [0.4, 0.5) is 0 Å². The molecule has 1 fully saturated rings. The first-order chi connectivity index (χ1) is 13.1. The van der Waals surface area contributed by atoms with Gasteiger partial charge in [0.25, 0.3) is 0 Å². The summed E-state index contributed by atoms with van der Waals surface area (Å²) in [7, 11) is 2.17. The molecule has 1 aliphatic heterocycles. The van der Waals surface area contributed by atoms with Gasteiger partial charge in [-0.2, -0.15) is 0 Å². The summed E-state index contributed by atoms with van der Waals surface area (Å²) in [5, 5.41) is 21.5. The molecule has 1 saturated heterocycles. The fourth-order valence-electron chi connectivity index (χ4n) is 4.28. The maximum atomic E-state index is 10.7. The van der Waals surface area contributed by atoms with Crippen LogP contribution < -0.4 is 0 Å². The summed E-state index contributed by atoms with van der Waals surface area (Å²) >= 11 is 0. The minimum Gasteiger partial charge on any atom is -0.506 e. The van der Waals surface area contributed by atoms with E-state index in [9.17, 15) is 5.11 Å². The molecule has 6 nitrogen and oxygen atoms in total. The minimum atomic E-state index is 0.195. The van der Waals surface area contributed by atoms with E-state index in [4.69, 9.17) is 4.42 Å². The van der Waals surface area contributed by atoms with E-state index >= 15 is 0 Å². The Bertz CT molecular complexity index is 1140. The molecule has 0 spiro atoms. The van der Waals surface area contributed by atoms with E-state index in [1.54, 1.807) is 12.3 Å². The zero-order valence-corrected chi connectivity index (χ0v) is 15.5. The number of fused-ring (bicyclic) bond motifs is 2. The Morgan fingerprint density at radius 1 is 1.22 bits per heavy atom. The zero-order chi connectivity index (χ0) is 18.5. The summed E-state index contributed by atoms with van der Waals surface area (Å²) in [6.45, 7) is 4.14. The SMILES string of the molecule is Cc1cc2occc2c(O)c1-c1cc2ccn([C@@H]3CCCN(C)C3)c2nn1. The second kappa shape index (κ2) is 6.09. The van der Waals surface area contributed by atoms with Crippen LogP contribution in [0.15, 0.2) is 41.1 Å². The molecule has 1 aromatic carbocycles. The van der Waals surface area contributed by atoms with Gasteiger partial charge in [-0.1, -0.05) is 0 Å². The first kappa shape index (κ1) is 16.3. The number of aromatic nitrogens is 3. The molecule has 4 aromatic rings. The Labute approximate surface area is 157 Å². The normalized spacial score (nSPS) is 18.5. The van der Waals surface area contributed by atoms with E-state index in [2.05, 4.69) is 39.0 Å². The number of piperidine rings is 1. The van der Waals surface area contributed by atoms with Gasteiger partial charge in [-0.25, -0.2) is 0 Å². The number of nitrogens with zero attached hydrogens (tertiary/aromatic N) is 4. The van der Waals surface area contributed by atoms with Crippen LogP contribution in [0.5, 0.6) is 5.75 Å². The molecule has 6 heteroatoms. The van der Waals surface area contributed by atoms with E-state index in [1.165, 1.54) is 6.42 Å². The average molecular weight is 362 g/mol. The first-order valence-corrected chi connectivity index (χ1v) is 9.35. The van der Waals surface area contributed by atoms with Crippen molar-refractivity contribution in [1.82, 2.24) is 19.7 Å². The van der Waals surface area contributed by atoms with Crippen molar-refractivity contribution >= 4 is 22.0 Å². The lowest BCUT2D eigenvalue weighted by Gasteiger charge is -2.30. The highest BCUT2D eigenvalue weighted by Gasteiger charge is 2.21. The van der Waals surface area contributed by atoms with Crippen molar-refractivity contribution in [2.24, 2.45) is 0 Å². The standard InChI is InChI=1S/C21H22N4O2/c1-13-10-18-16(6-9-27-18)20(26)19(13)17-11-14-5-8-25(21(14)23-22-17)15-4-3-7-24(2)12-15/h5-6,8-11,15,26H,3-4,7,12H2,1-2H3/t15-/m1/s1. The number of phenols is 1. The number of benzene rings is 1. The van der Waals surface area contributed by atoms with Crippen molar-refractivity contribution < 1.29 is 9.52 Å². The lowest BCUT2D eigenvalue weighted by atomic mass is 10.0. The van der Waals surface area contributed by atoms with Gasteiger partial charge in [-0.3, -0.25) is 0 Å². The van der Waals surface area contributed by atoms with Crippen LogP contribution in [0.2, 0.25) is 0 Å². The highest BCUT2D eigenvalue weighted by molar-refractivity contribution is 5.94. The lowest BCUT2D eigenvalue weighted by molar-refractivity contribution is 0.214. The second-order valence-corrected chi connectivity index (χ2v) is 7.54. The number of furan rings is 1. The van der Waals surface area contributed by atoms with E-state index < -0.39 is 0 Å². The van der Waals surface area contributed by atoms with E-state index in [0.717, 1.165) is 36.1 Å². The molecule has 5 rings (SSSR count). The van der Waals surface area contributed by atoms with Crippen molar-refractivity contribution in [2.45, 2.75) is 25.8 Å². The largest absolute Gasteiger partial charge is 0.506 e. The summed E-state index contributed by atoms with van der Waals surface area (Å²) in [6, 6.07) is 8.23. The Hall–Kier alpha value is -2.86. The number of hydrogen-bond acceptors (Lipinski definition) is 5. The summed E-state index contributed by atoms with van der Waals surface area (Å²) < 4.78 is 7.66. The fraction of sp³-hybridized carbons (Fsp3) is 0.333. The molecular formula is C21H22N4O2. The van der Waals surface area contributed by atoms with E-state index in [-0.39, 0.29) is 5.75 Å². The second-order valence-electron chi connectivity index (χ2n) is 7.54. The smallest absolute Gasteiger partial charge is 0.162 e. The Morgan fingerprint density at radius 3 is 2.96 bits per heavy atom. The predicted molar refractivity (Wildman–Crippen MR) is 105 cm³/mol. The number of aromatic hydroxyl groups is 1. The number of phenolic OH excluding ortho intramolecular Hbond substituents is 1. The third kappa shape index (κ3) is 2.59. The fourth-order valence-corrected chi connectivity index (χ4v) is 4.28. The molecule has 0 bridgehead atoms. The number of rotatable bonds is 2. The molecule has 3 aromatic heterocycles. The van der Waals surface area contributed by atoms with Gasteiger partial charge in [0.05, 0.1) is 17.3 Å². The van der Waals surface area contributed by atoms with Gasteiger partial charge in [-0.15, -0.1) is 10.2 Å². The summed E-state index contributed by atoms with van der Waals surface area (Å²) in [6.07, 6.45) is 6.06. The monoisotopic (exact) mass is 362 g/mol. The molecular weight excluding hydrogens is 340 g/mol. The van der Waals surface area contributed by atoms with Crippen LogP contribution >= 0.6 is 0 Å². The molecule has 4 heterocycles. The molecule has 138 valence electrons. The van der Waals surface area contributed by atoms with Crippen molar-refractivity contribution in [3.63, 3.8) is 0 Å². The number of likely N-dealkylation sites (tertiary alicyclic amines) is 1. The molecule has 0 aliphatic carbocycles. The van der Waals surface area contributed by atoms with Gasteiger partial charge in [0, 0.05) is 29.7 Å². The minimum absolute atomic E-state index is 0.195. The first-order valence-electron chi connectivity index (χ1n) is 9.35. The topological polar surface area (TPSA) is 67.3 Å². The van der Waals surface area contributed by atoms with Gasteiger partial charge < -0.3 is 19.0 Å². The molecule has 0 saturated carbocycles. The van der Waals surface area contributed by atoms with Gasteiger partial charge >= 0.3 is 0 Å². The lowest BCUT2D eigenvalue weighted by Crippen LogP contribution is -2.33. The van der Waals surface area contributed by atoms with Gasteiger partial charge in [0.15, 0.2) is 5.65 Å². The zero-order valence-electron chi connectivity index (χ0n) is 15.5. The summed E-state index contributed by atoms with van der Waals surface area (Å²) in [4.78, 5) is 2.36. The third-order valence-corrected chi connectivity index (χ3v) is 5.64. The highest BCUT2D eigenvalue weighted by Crippen LogP contribution is 2.39. The quantitative estimate of drug-likeness (QED) is 0.581. The maximum absolute atomic E-state index is 10.7. The van der Waals surface area contributed by atoms with Crippen molar-refractivity contribution in [1.29, 1.82) is 0 Å². The summed E-state index contributed by atoms with van der Waals surface area (Å²) in [5.41, 5.74) is 3.88. The molecule has 0 unspecified atom stereocenters. The predicted octanol–water partition coefficient (Wildman–Crippen LogP) is 4.13. The van der Waals surface area contributed by atoms with Crippen molar-refractivity contribution in [3.8, 4) is 17.0 Å². The van der Waals surface area contributed by atoms with E-state index in [1.807, 2.05) is 19.1 Å². The van der Waals surface area contributed by atoms with E-state index in [0.29, 0.717) is 28.3 Å². The molecule has 0 radical (unpaired) electrons. The average Bonchev–Trinajstić information content (AvgIpc) is 3.28. The van der Waals surface area contributed by atoms with Crippen LogP contribution in [0, 0.1) is 6.92 Å². The van der Waals surface area contributed by atoms with Crippen LogP contribution in [0.1, 0.15) is 24.4 Å². The molecule has 1 aliphatic rings. The highest BCUT2D eigenvalue weighted by atomic mass is 16.3. The van der Waals surface area contributed by atoms with Crippen LogP contribution in [0.3, 0.4) is 0 Å². The molecule has 0 amide bonds. The van der Waals surface area contributed by atoms with Crippen LogP contribution in [-0.2, 0) is 0 Å². The Kier molecular flexibility index (Phi) is 3.68. The van der Waals surface area contributed by atoms with Crippen LogP contribution in [0.25, 0.3) is 33.3 Å². The Morgan fingerprint density at radius 2 is 2.11 bits per heavy atom. The third-order valence-electron chi connectivity index (χ3n) is 5.64. The summed E-state index contributed by atoms with van der Waals surface area (Å²) in [5.74, 6) is 0.195. The maximum Gasteiger partial charge on any atom is 0.162 e. The number of aryl methyl sites for hydroxylation is 1. The van der Waals surface area contributed by atoms with Crippen molar-refractivity contribution in [3.05, 3.63) is 42.3 Å². The molecule has 1 atom stereocenters. The van der Waals surface area contributed by atoms with Gasteiger partial charge in [0.1, 0.15) is 11.3 Å².